The van der Waals surface area contributed by atoms with Crippen molar-refractivity contribution in [1.82, 2.24) is 0 Å². The van der Waals surface area contributed by atoms with Crippen molar-refractivity contribution in [3.05, 3.63) is 89.0 Å². The lowest BCUT2D eigenvalue weighted by atomic mass is 9.99. The van der Waals surface area contributed by atoms with E-state index < -0.39 is 7.14 Å². The maximum Gasteiger partial charge on any atom is 0.171 e. The fourth-order valence-electron chi connectivity index (χ4n) is 3.21. The number of aldehydes is 1. The summed E-state index contributed by atoms with van der Waals surface area (Å²) in [5.74, 6) is 0. The van der Waals surface area contributed by atoms with Crippen LogP contribution in [0.4, 0.5) is 0 Å². The first-order valence-corrected chi connectivity index (χ1v) is 9.98. The van der Waals surface area contributed by atoms with Gasteiger partial charge in [-0.15, -0.1) is 0 Å². The van der Waals surface area contributed by atoms with Crippen molar-refractivity contribution in [1.29, 1.82) is 0 Å². The van der Waals surface area contributed by atoms with E-state index in [-0.39, 0.29) is 0 Å². The van der Waals surface area contributed by atoms with Crippen LogP contribution >= 0.6 is 7.14 Å². The molecule has 0 heterocycles. The van der Waals surface area contributed by atoms with Crippen molar-refractivity contribution < 1.29 is 9.36 Å². The largest absolute Gasteiger partial charge is 0.309 e. The Labute approximate surface area is 148 Å². The van der Waals surface area contributed by atoms with Crippen molar-refractivity contribution in [2.45, 2.75) is 20.8 Å². The summed E-state index contributed by atoms with van der Waals surface area (Å²) in [6.45, 7) is 5.91. The first kappa shape index (κ1) is 17.4. The molecule has 0 aliphatic rings. The van der Waals surface area contributed by atoms with Crippen LogP contribution in [0, 0.1) is 20.8 Å². The molecule has 0 aromatic heterocycles. The molecule has 0 spiro atoms. The Morgan fingerprint density at radius 1 is 0.720 bits per heavy atom. The lowest BCUT2D eigenvalue weighted by molar-refractivity contribution is 0.112. The van der Waals surface area contributed by atoms with E-state index in [2.05, 4.69) is 0 Å². The molecule has 3 rings (SSSR count). The quantitative estimate of drug-likeness (QED) is 0.526. The molecular formula is C22H21O2P. The zero-order valence-corrected chi connectivity index (χ0v) is 15.6. The molecule has 0 unspecified atom stereocenters. The molecular weight excluding hydrogens is 327 g/mol. The van der Waals surface area contributed by atoms with Gasteiger partial charge in [-0.2, -0.15) is 0 Å². The molecule has 0 atom stereocenters. The van der Waals surface area contributed by atoms with Gasteiger partial charge in [-0.1, -0.05) is 60.7 Å². The van der Waals surface area contributed by atoms with E-state index in [1.807, 2.05) is 87.5 Å². The van der Waals surface area contributed by atoms with E-state index in [1.54, 1.807) is 0 Å². The molecule has 2 nitrogen and oxygen atoms in total. The Hall–Kier alpha value is -2.44. The Bertz CT molecular complexity index is 917. The van der Waals surface area contributed by atoms with Crippen LogP contribution in [-0.4, -0.2) is 6.29 Å². The van der Waals surface area contributed by atoms with Gasteiger partial charge in [0, 0.05) is 21.5 Å². The molecule has 0 saturated heterocycles. The third-order valence-electron chi connectivity index (χ3n) is 4.94. The van der Waals surface area contributed by atoms with Crippen LogP contribution in [0.3, 0.4) is 0 Å². The molecule has 0 aliphatic heterocycles. The van der Waals surface area contributed by atoms with E-state index in [4.69, 9.17) is 0 Å². The Balaban J connectivity index is 2.41. The number of rotatable bonds is 4. The minimum absolute atomic E-state index is 0.602. The second kappa shape index (κ2) is 6.82. The van der Waals surface area contributed by atoms with Gasteiger partial charge in [0.15, 0.2) is 7.14 Å². The number of carbonyl (C=O) groups is 1. The van der Waals surface area contributed by atoms with Crippen molar-refractivity contribution in [2.75, 3.05) is 0 Å². The number of hydrogen-bond acceptors (Lipinski definition) is 2. The predicted molar refractivity (Wildman–Crippen MR) is 105 cm³/mol. The highest BCUT2D eigenvalue weighted by atomic mass is 31.2. The molecule has 0 amide bonds. The average Bonchev–Trinajstić information content (AvgIpc) is 2.67. The van der Waals surface area contributed by atoms with Crippen molar-refractivity contribution >= 4 is 29.3 Å². The zero-order valence-electron chi connectivity index (χ0n) is 14.7. The Morgan fingerprint density at radius 3 is 1.64 bits per heavy atom. The molecule has 0 N–H and O–H groups in total. The van der Waals surface area contributed by atoms with Gasteiger partial charge in [-0.25, -0.2) is 0 Å². The van der Waals surface area contributed by atoms with Gasteiger partial charge in [0.1, 0.15) is 6.29 Å². The topological polar surface area (TPSA) is 34.1 Å². The van der Waals surface area contributed by atoms with E-state index >= 15 is 0 Å². The minimum Gasteiger partial charge on any atom is -0.309 e. The molecule has 25 heavy (non-hydrogen) atoms. The average molecular weight is 348 g/mol. The lowest BCUT2D eigenvalue weighted by Gasteiger charge is -2.24. The first-order valence-electron chi connectivity index (χ1n) is 8.28. The SMILES string of the molecule is Cc1c(C=O)cc(P(=O)(c2ccccc2)c2ccccc2)c(C)c1C. The standard InChI is InChI=1S/C22H21O2P/c1-16-17(2)19(15-23)14-22(18(16)3)25(24,20-10-6-4-7-11-20)21-12-8-5-9-13-21/h4-15H,1-3H3. The normalized spacial score (nSPS) is 11.3. The Kier molecular flexibility index (Phi) is 4.74. The summed E-state index contributed by atoms with van der Waals surface area (Å²) in [7, 11) is -3.06. The van der Waals surface area contributed by atoms with Crippen molar-refractivity contribution in [3.8, 4) is 0 Å². The van der Waals surface area contributed by atoms with Gasteiger partial charge in [0.2, 0.25) is 0 Å². The number of hydrogen-bond donors (Lipinski definition) is 0. The Morgan fingerprint density at radius 2 is 1.20 bits per heavy atom. The van der Waals surface area contributed by atoms with Crippen LogP contribution in [0.5, 0.6) is 0 Å². The molecule has 0 bridgehead atoms. The highest BCUT2D eigenvalue weighted by Crippen LogP contribution is 2.44. The molecule has 0 fully saturated rings. The summed E-state index contributed by atoms with van der Waals surface area (Å²) in [5.41, 5.74) is 3.56. The second-order valence-electron chi connectivity index (χ2n) is 6.26. The third kappa shape index (κ3) is 2.88. The van der Waals surface area contributed by atoms with Gasteiger partial charge >= 0.3 is 0 Å². The van der Waals surface area contributed by atoms with Gasteiger partial charge in [0.05, 0.1) is 0 Å². The molecule has 3 heteroatoms. The molecule has 0 saturated carbocycles. The van der Waals surface area contributed by atoms with E-state index in [1.165, 1.54) is 0 Å². The summed E-state index contributed by atoms with van der Waals surface area (Å²) in [6, 6.07) is 20.9. The smallest absolute Gasteiger partial charge is 0.171 e. The fourth-order valence-corrected chi connectivity index (χ4v) is 6.21. The molecule has 3 aromatic rings. The fraction of sp³-hybridized carbons (Fsp3) is 0.136. The lowest BCUT2D eigenvalue weighted by Crippen LogP contribution is -2.28. The monoisotopic (exact) mass is 348 g/mol. The van der Waals surface area contributed by atoms with Gasteiger partial charge < -0.3 is 4.57 Å². The van der Waals surface area contributed by atoms with Crippen LogP contribution in [-0.2, 0) is 4.57 Å². The highest BCUT2D eigenvalue weighted by Gasteiger charge is 2.32. The second-order valence-corrected chi connectivity index (χ2v) is 8.99. The number of carbonyl (C=O) groups excluding carboxylic acids is 1. The summed E-state index contributed by atoms with van der Waals surface area (Å²) in [4.78, 5) is 11.6. The zero-order chi connectivity index (χ0) is 18.0. The maximum atomic E-state index is 14.5. The van der Waals surface area contributed by atoms with E-state index in [9.17, 15) is 9.36 Å². The predicted octanol–water partition coefficient (Wildman–Crippen LogP) is 4.06. The van der Waals surface area contributed by atoms with Crippen LogP contribution in [0.1, 0.15) is 27.0 Å². The van der Waals surface area contributed by atoms with E-state index in [0.29, 0.717) is 5.56 Å². The third-order valence-corrected chi connectivity index (χ3v) is 8.13. The summed E-state index contributed by atoms with van der Waals surface area (Å²) >= 11 is 0. The minimum atomic E-state index is -3.06. The van der Waals surface area contributed by atoms with Gasteiger partial charge in [0.25, 0.3) is 0 Å². The van der Waals surface area contributed by atoms with Crippen LogP contribution in [0.25, 0.3) is 0 Å². The number of benzene rings is 3. The van der Waals surface area contributed by atoms with Crippen molar-refractivity contribution in [3.63, 3.8) is 0 Å². The van der Waals surface area contributed by atoms with Gasteiger partial charge in [-0.05, 0) is 43.5 Å². The highest BCUT2D eigenvalue weighted by molar-refractivity contribution is 7.85. The van der Waals surface area contributed by atoms with Gasteiger partial charge in [-0.3, -0.25) is 4.79 Å². The summed E-state index contributed by atoms with van der Waals surface area (Å²) < 4.78 is 14.5. The van der Waals surface area contributed by atoms with Crippen LogP contribution in [0.2, 0.25) is 0 Å². The molecule has 3 aromatic carbocycles. The molecule has 0 aliphatic carbocycles. The maximum absolute atomic E-state index is 14.5. The van der Waals surface area contributed by atoms with E-state index in [0.717, 1.165) is 38.9 Å². The van der Waals surface area contributed by atoms with Crippen LogP contribution in [0.15, 0.2) is 66.7 Å². The summed E-state index contributed by atoms with van der Waals surface area (Å²) in [6.07, 6.45) is 0.853. The molecule has 0 radical (unpaired) electrons. The molecule has 126 valence electrons. The first-order chi connectivity index (χ1) is 12.0. The van der Waals surface area contributed by atoms with Crippen LogP contribution < -0.4 is 15.9 Å². The summed E-state index contributed by atoms with van der Waals surface area (Å²) in [5, 5.41) is 2.31. The van der Waals surface area contributed by atoms with Crippen molar-refractivity contribution in [2.24, 2.45) is 0 Å².